The summed E-state index contributed by atoms with van der Waals surface area (Å²) in [7, 11) is 1.64. The first kappa shape index (κ1) is 23.9. The number of benzene rings is 2. The number of carbonyl (C=O) groups excluding carboxylic acids is 1. The Morgan fingerprint density at radius 3 is 2.76 bits per heavy atom. The van der Waals surface area contributed by atoms with Crippen molar-refractivity contribution in [2.24, 2.45) is 0 Å². The number of Topliss-reactive ketones (excluding diaryl/α,β-unsaturated/α-hetero) is 1. The number of nitrogens with zero attached hydrogens (tertiary/aromatic N) is 4. The molecule has 9 heteroatoms. The number of halogens is 1. The normalized spacial score (nSPS) is 11.3. The topological polar surface area (TPSA) is 90.6 Å². The van der Waals surface area contributed by atoms with Crippen molar-refractivity contribution in [3.8, 4) is 5.75 Å². The number of rotatable bonds is 12. The van der Waals surface area contributed by atoms with E-state index in [9.17, 15) is 4.79 Å². The number of aromatic nitrogens is 4. The van der Waals surface area contributed by atoms with E-state index in [-0.39, 0.29) is 5.78 Å². The SMILES string of the molecule is COCCOc1ccc2c(c1)nc(NCCCCCC(=O)c1ccccc1Cl)c1nnc(C)n12. The minimum absolute atomic E-state index is 0.0823. The van der Waals surface area contributed by atoms with Crippen LogP contribution in [0.1, 0.15) is 41.9 Å². The minimum Gasteiger partial charge on any atom is -0.491 e. The van der Waals surface area contributed by atoms with E-state index >= 15 is 0 Å². The van der Waals surface area contributed by atoms with Crippen molar-refractivity contribution < 1.29 is 14.3 Å². The zero-order valence-corrected chi connectivity index (χ0v) is 20.1. The molecule has 0 bridgehead atoms. The average Bonchev–Trinajstić information content (AvgIpc) is 3.23. The van der Waals surface area contributed by atoms with Crippen molar-refractivity contribution in [1.82, 2.24) is 19.6 Å². The molecule has 0 radical (unpaired) electrons. The maximum Gasteiger partial charge on any atom is 0.204 e. The van der Waals surface area contributed by atoms with Gasteiger partial charge in [-0.15, -0.1) is 10.2 Å². The highest BCUT2D eigenvalue weighted by molar-refractivity contribution is 6.33. The molecule has 0 atom stereocenters. The smallest absolute Gasteiger partial charge is 0.204 e. The van der Waals surface area contributed by atoms with Gasteiger partial charge < -0.3 is 14.8 Å². The van der Waals surface area contributed by atoms with Crippen molar-refractivity contribution in [1.29, 1.82) is 0 Å². The molecule has 0 amide bonds. The largest absolute Gasteiger partial charge is 0.491 e. The van der Waals surface area contributed by atoms with Gasteiger partial charge in [-0.2, -0.15) is 0 Å². The van der Waals surface area contributed by atoms with Crippen LogP contribution in [0.25, 0.3) is 16.7 Å². The molecule has 0 unspecified atom stereocenters. The maximum atomic E-state index is 12.4. The number of anilines is 1. The molecule has 178 valence electrons. The first-order valence-corrected chi connectivity index (χ1v) is 11.7. The Morgan fingerprint density at radius 1 is 1.09 bits per heavy atom. The number of fused-ring (bicyclic) bond motifs is 3. The van der Waals surface area contributed by atoms with Gasteiger partial charge in [0, 0.05) is 31.7 Å². The van der Waals surface area contributed by atoms with Crippen LogP contribution < -0.4 is 10.1 Å². The number of carbonyl (C=O) groups is 1. The molecule has 0 aliphatic carbocycles. The Bertz CT molecular complexity index is 1290. The third-order valence-corrected chi connectivity index (χ3v) is 5.89. The second-order valence-corrected chi connectivity index (χ2v) is 8.41. The third-order valence-electron chi connectivity index (χ3n) is 5.56. The van der Waals surface area contributed by atoms with E-state index in [4.69, 9.17) is 26.1 Å². The van der Waals surface area contributed by atoms with Gasteiger partial charge in [-0.1, -0.05) is 30.2 Å². The summed E-state index contributed by atoms with van der Waals surface area (Å²) in [4.78, 5) is 17.1. The lowest BCUT2D eigenvalue weighted by Gasteiger charge is -2.11. The van der Waals surface area contributed by atoms with E-state index in [0.717, 1.165) is 41.9 Å². The zero-order valence-electron chi connectivity index (χ0n) is 19.4. The second kappa shape index (κ2) is 11.3. The van der Waals surface area contributed by atoms with Crippen molar-refractivity contribution in [3.63, 3.8) is 0 Å². The van der Waals surface area contributed by atoms with Crippen LogP contribution >= 0.6 is 11.6 Å². The Morgan fingerprint density at radius 2 is 1.94 bits per heavy atom. The summed E-state index contributed by atoms with van der Waals surface area (Å²) in [6.07, 6.45) is 3.10. The summed E-state index contributed by atoms with van der Waals surface area (Å²) in [5.74, 6) is 2.28. The molecule has 0 fully saturated rings. The van der Waals surface area contributed by atoms with Crippen molar-refractivity contribution in [3.05, 3.63) is 58.9 Å². The zero-order chi connectivity index (χ0) is 23.9. The van der Waals surface area contributed by atoms with Gasteiger partial charge in [0.1, 0.15) is 18.2 Å². The number of aryl methyl sites for hydroxylation is 1. The Balaban J connectivity index is 1.38. The molecule has 1 N–H and O–H groups in total. The van der Waals surface area contributed by atoms with Gasteiger partial charge in [-0.25, -0.2) is 4.98 Å². The average molecular weight is 482 g/mol. The van der Waals surface area contributed by atoms with Gasteiger partial charge in [0.2, 0.25) is 5.65 Å². The highest BCUT2D eigenvalue weighted by atomic mass is 35.5. The molecule has 4 rings (SSSR count). The van der Waals surface area contributed by atoms with Crippen LogP contribution in [0.15, 0.2) is 42.5 Å². The summed E-state index contributed by atoms with van der Waals surface area (Å²) in [6, 6.07) is 13.0. The molecular formula is C25H28ClN5O3. The van der Waals surface area contributed by atoms with Crippen LogP contribution in [0, 0.1) is 6.92 Å². The maximum absolute atomic E-state index is 12.4. The van der Waals surface area contributed by atoms with Crippen LogP contribution in [0.5, 0.6) is 5.75 Å². The van der Waals surface area contributed by atoms with Crippen molar-refractivity contribution in [2.45, 2.75) is 32.6 Å². The summed E-state index contributed by atoms with van der Waals surface area (Å²) in [6.45, 7) is 3.62. The van der Waals surface area contributed by atoms with E-state index in [2.05, 4.69) is 15.5 Å². The highest BCUT2D eigenvalue weighted by Gasteiger charge is 2.14. The lowest BCUT2D eigenvalue weighted by Crippen LogP contribution is -2.08. The van der Waals surface area contributed by atoms with Crippen LogP contribution in [-0.2, 0) is 4.74 Å². The quantitative estimate of drug-likeness (QED) is 0.222. The molecule has 2 aromatic heterocycles. The molecule has 4 aromatic rings. The molecule has 0 saturated carbocycles. The second-order valence-electron chi connectivity index (χ2n) is 8.00. The number of nitrogens with one attached hydrogen (secondary N) is 1. The lowest BCUT2D eigenvalue weighted by atomic mass is 10.0. The Kier molecular flexibility index (Phi) is 7.92. The third kappa shape index (κ3) is 5.46. The molecule has 0 saturated heterocycles. The predicted octanol–water partition coefficient (Wildman–Crippen LogP) is 5.12. The molecule has 34 heavy (non-hydrogen) atoms. The van der Waals surface area contributed by atoms with E-state index in [1.165, 1.54) is 0 Å². The van der Waals surface area contributed by atoms with Gasteiger partial charge >= 0.3 is 0 Å². The molecule has 0 spiro atoms. The van der Waals surface area contributed by atoms with Crippen molar-refractivity contribution >= 4 is 39.9 Å². The summed E-state index contributed by atoms with van der Waals surface area (Å²) < 4.78 is 12.8. The molecule has 2 heterocycles. The number of hydrogen-bond donors (Lipinski definition) is 1. The Labute approximate surface area is 203 Å². The molecule has 2 aromatic carbocycles. The summed E-state index contributed by atoms with van der Waals surface area (Å²) >= 11 is 6.12. The fraction of sp³-hybridized carbons (Fsp3) is 0.360. The van der Waals surface area contributed by atoms with Crippen LogP contribution in [-0.4, -0.2) is 52.2 Å². The van der Waals surface area contributed by atoms with Gasteiger partial charge in [-0.3, -0.25) is 9.20 Å². The van der Waals surface area contributed by atoms with Gasteiger partial charge in [0.15, 0.2) is 11.6 Å². The summed E-state index contributed by atoms with van der Waals surface area (Å²) in [5, 5.41) is 12.5. The fourth-order valence-electron chi connectivity index (χ4n) is 3.82. The highest BCUT2D eigenvalue weighted by Crippen LogP contribution is 2.25. The number of ketones is 1. The standard InChI is InChI=1S/C25H28ClN5O3/c1-17-29-30-25-24(27-13-7-3-4-10-23(32)19-8-5-6-9-20(19)26)28-21-16-18(34-15-14-33-2)11-12-22(21)31(17)25/h5-6,8-9,11-12,16H,3-4,7,10,13-15H2,1-2H3,(H,27,28). The molecular weight excluding hydrogens is 454 g/mol. The van der Waals surface area contributed by atoms with Crippen LogP contribution in [0.4, 0.5) is 5.82 Å². The molecule has 0 aliphatic heterocycles. The number of ether oxygens (including phenoxy) is 2. The Hall–Kier alpha value is -3.23. The molecule has 8 nitrogen and oxygen atoms in total. The van der Waals surface area contributed by atoms with E-state index in [1.54, 1.807) is 19.2 Å². The van der Waals surface area contributed by atoms with Gasteiger partial charge in [0.05, 0.1) is 22.7 Å². The summed E-state index contributed by atoms with van der Waals surface area (Å²) in [5.41, 5.74) is 2.99. The minimum atomic E-state index is 0.0823. The monoisotopic (exact) mass is 481 g/mol. The lowest BCUT2D eigenvalue weighted by molar-refractivity contribution is 0.0979. The van der Waals surface area contributed by atoms with E-state index < -0.39 is 0 Å². The van der Waals surface area contributed by atoms with Crippen LogP contribution in [0.3, 0.4) is 0 Å². The van der Waals surface area contributed by atoms with Gasteiger partial charge in [-0.05, 0) is 44.0 Å². The van der Waals surface area contributed by atoms with E-state index in [1.807, 2.05) is 41.7 Å². The fourth-order valence-corrected chi connectivity index (χ4v) is 4.06. The number of methoxy groups -OCH3 is 1. The van der Waals surface area contributed by atoms with E-state index in [0.29, 0.717) is 48.2 Å². The number of hydrogen-bond acceptors (Lipinski definition) is 7. The van der Waals surface area contributed by atoms with Crippen molar-refractivity contribution in [2.75, 3.05) is 32.2 Å². The first-order valence-electron chi connectivity index (χ1n) is 11.4. The molecule has 0 aliphatic rings. The van der Waals surface area contributed by atoms with Gasteiger partial charge in [0.25, 0.3) is 0 Å². The van der Waals surface area contributed by atoms with Crippen LogP contribution in [0.2, 0.25) is 5.02 Å². The predicted molar refractivity (Wildman–Crippen MR) is 133 cm³/mol. The number of unbranched alkanes of at least 4 members (excludes halogenated alkanes) is 2. The first-order chi connectivity index (χ1) is 16.6.